The number of benzene rings is 1. The van der Waals surface area contributed by atoms with Crippen LogP contribution in [0.1, 0.15) is 0 Å². The van der Waals surface area contributed by atoms with Crippen molar-refractivity contribution in [2.75, 3.05) is 6.61 Å². The van der Waals surface area contributed by atoms with Gasteiger partial charge in [-0.25, -0.2) is 14.4 Å². The number of aliphatic hydroxyl groups excluding tert-OH is 1. The van der Waals surface area contributed by atoms with Crippen molar-refractivity contribution < 1.29 is 9.50 Å². The van der Waals surface area contributed by atoms with Gasteiger partial charge in [-0.3, -0.25) is 0 Å². The minimum Gasteiger partial charge on any atom is -0.395 e. The number of nitrogens with zero attached hydrogens (tertiary/aromatic N) is 6. The van der Waals surface area contributed by atoms with E-state index in [1.165, 1.54) is 22.8 Å². The van der Waals surface area contributed by atoms with Gasteiger partial charge in [0.25, 0.3) is 5.82 Å². The van der Waals surface area contributed by atoms with E-state index in [1.54, 1.807) is 35.2 Å². The van der Waals surface area contributed by atoms with Gasteiger partial charge in [-0.1, -0.05) is 11.7 Å². The molecule has 128 valence electrons. The number of hydrogen-bond donors (Lipinski definition) is 1. The summed E-state index contributed by atoms with van der Waals surface area (Å²) in [7, 11) is 0. The number of hydrogen-bond acceptors (Lipinski definition) is 4. The molecule has 26 heavy (non-hydrogen) atoms. The highest BCUT2D eigenvalue weighted by molar-refractivity contribution is 5.77. The fourth-order valence-corrected chi connectivity index (χ4v) is 2.81. The summed E-state index contributed by atoms with van der Waals surface area (Å²) >= 11 is 0. The molecular formula is C18H13FN6O. The smallest absolute Gasteiger partial charge is 0.275 e. The van der Waals surface area contributed by atoms with Gasteiger partial charge in [-0.2, -0.15) is 0 Å². The molecule has 0 spiro atoms. The largest absolute Gasteiger partial charge is 0.395 e. The van der Waals surface area contributed by atoms with Crippen LogP contribution in [0.5, 0.6) is 0 Å². The molecule has 0 fully saturated rings. The second kappa shape index (κ2) is 6.38. The second-order valence-corrected chi connectivity index (χ2v) is 5.58. The average molecular weight is 348 g/mol. The van der Waals surface area contributed by atoms with E-state index < -0.39 is 0 Å². The standard InChI is InChI=1S/C18H13FN6O/c1-20-16-10-21-15-7-6-14(23-25(15)16)18-17(22-11-24(18)8-9-26)12-2-4-13(19)5-3-12/h2-7,10-11,26H,8-9H2. The Kier molecular flexibility index (Phi) is 3.91. The van der Waals surface area contributed by atoms with Crippen LogP contribution in [0, 0.1) is 12.4 Å². The van der Waals surface area contributed by atoms with Gasteiger partial charge < -0.3 is 14.5 Å². The van der Waals surface area contributed by atoms with E-state index in [1.807, 2.05) is 0 Å². The van der Waals surface area contributed by atoms with Crippen LogP contribution in [0.15, 0.2) is 48.9 Å². The summed E-state index contributed by atoms with van der Waals surface area (Å²) in [6.07, 6.45) is 3.07. The van der Waals surface area contributed by atoms with Gasteiger partial charge in [0.2, 0.25) is 5.65 Å². The molecule has 3 aromatic heterocycles. The summed E-state index contributed by atoms with van der Waals surface area (Å²) in [6.45, 7) is 7.50. The summed E-state index contributed by atoms with van der Waals surface area (Å²) in [5.74, 6) is -0.0249. The van der Waals surface area contributed by atoms with Crippen molar-refractivity contribution in [3.8, 4) is 22.6 Å². The minimum absolute atomic E-state index is 0.0627. The Labute approximate surface area is 147 Å². The molecule has 0 atom stereocenters. The molecule has 3 heterocycles. The zero-order valence-corrected chi connectivity index (χ0v) is 13.5. The van der Waals surface area contributed by atoms with Crippen molar-refractivity contribution in [1.82, 2.24) is 24.1 Å². The highest BCUT2D eigenvalue weighted by atomic mass is 19.1. The van der Waals surface area contributed by atoms with Crippen molar-refractivity contribution in [3.05, 3.63) is 66.2 Å². The molecule has 1 N–H and O–H groups in total. The Morgan fingerprint density at radius 3 is 2.65 bits per heavy atom. The Bertz CT molecular complexity index is 1120. The molecule has 0 unspecified atom stereocenters. The first-order valence-corrected chi connectivity index (χ1v) is 7.86. The van der Waals surface area contributed by atoms with Crippen LogP contribution >= 0.6 is 0 Å². The summed E-state index contributed by atoms with van der Waals surface area (Å²) in [6, 6.07) is 9.58. The molecule has 7 nitrogen and oxygen atoms in total. The van der Waals surface area contributed by atoms with Crippen LogP contribution in [0.3, 0.4) is 0 Å². The summed E-state index contributed by atoms with van der Waals surface area (Å²) < 4.78 is 16.5. The van der Waals surface area contributed by atoms with E-state index in [9.17, 15) is 9.50 Å². The maximum atomic E-state index is 13.3. The maximum absolute atomic E-state index is 13.3. The molecule has 0 saturated carbocycles. The molecule has 0 radical (unpaired) electrons. The number of aliphatic hydroxyl groups is 1. The van der Waals surface area contributed by atoms with Gasteiger partial charge in [-0.05, 0) is 30.3 Å². The molecule has 0 saturated heterocycles. The maximum Gasteiger partial charge on any atom is 0.275 e. The topological polar surface area (TPSA) is 72.6 Å². The number of halogens is 1. The fraction of sp³-hybridized carbons (Fsp3) is 0.111. The van der Waals surface area contributed by atoms with Crippen molar-refractivity contribution in [1.29, 1.82) is 0 Å². The molecular weight excluding hydrogens is 335 g/mol. The first-order chi connectivity index (χ1) is 12.7. The van der Waals surface area contributed by atoms with Gasteiger partial charge >= 0.3 is 0 Å². The van der Waals surface area contributed by atoms with Crippen LogP contribution in [0.4, 0.5) is 10.2 Å². The lowest BCUT2D eigenvalue weighted by Crippen LogP contribution is -2.05. The third-order valence-electron chi connectivity index (χ3n) is 4.00. The Morgan fingerprint density at radius 2 is 1.92 bits per heavy atom. The molecule has 1 aromatic carbocycles. The Morgan fingerprint density at radius 1 is 1.12 bits per heavy atom. The highest BCUT2D eigenvalue weighted by Crippen LogP contribution is 2.31. The SMILES string of the molecule is [C-]#[N+]c1cnc2ccc(-c3c(-c4ccc(F)cc4)ncn3CCO)nn12. The van der Waals surface area contributed by atoms with Crippen LogP contribution in [-0.2, 0) is 6.54 Å². The lowest BCUT2D eigenvalue weighted by molar-refractivity contribution is 0.276. The van der Waals surface area contributed by atoms with Gasteiger partial charge in [0.05, 0.1) is 30.5 Å². The predicted molar refractivity (Wildman–Crippen MR) is 92.9 cm³/mol. The molecule has 4 aromatic rings. The summed E-state index contributed by atoms with van der Waals surface area (Å²) in [5.41, 5.74) is 3.17. The summed E-state index contributed by atoms with van der Waals surface area (Å²) in [4.78, 5) is 12.0. The minimum atomic E-state index is -0.329. The molecule has 0 aliphatic heterocycles. The highest BCUT2D eigenvalue weighted by Gasteiger charge is 2.18. The van der Waals surface area contributed by atoms with E-state index in [2.05, 4.69) is 19.9 Å². The number of imidazole rings is 2. The first-order valence-electron chi connectivity index (χ1n) is 7.86. The Hall–Kier alpha value is -3.57. The van der Waals surface area contributed by atoms with Crippen LogP contribution < -0.4 is 0 Å². The van der Waals surface area contributed by atoms with E-state index in [-0.39, 0.29) is 12.4 Å². The molecule has 8 heteroatoms. The van der Waals surface area contributed by atoms with E-state index in [4.69, 9.17) is 6.57 Å². The van der Waals surface area contributed by atoms with Gasteiger partial charge in [0.15, 0.2) is 0 Å². The van der Waals surface area contributed by atoms with Crippen LogP contribution in [-0.4, -0.2) is 35.9 Å². The van der Waals surface area contributed by atoms with E-state index in [0.717, 1.165) is 5.56 Å². The quantitative estimate of drug-likeness (QED) is 0.576. The molecule has 0 aliphatic rings. The van der Waals surface area contributed by atoms with Crippen LogP contribution in [0.2, 0.25) is 0 Å². The molecule has 0 amide bonds. The Balaban J connectivity index is 1.93. The van der Waals surface area contributed by atoms with Crippen molar-refractivity contribution in [2.24, 2.45) is 0 Å². The number of aromatic nitrogens is 5. The predicted octanol–water partition coefficient (Wildman–Crippen LogP) is 2.94. The summed E-state index contributed by atoms with van der Waals surface area (Å²) in [5, 5.41) is 13.9. The zero-order chi connectivity index (χ0) is 18.1. The normalized spacial score (nSPS) is 11.0. The van der Waals surface area contributed by atoms with E-state index >= 15 is 0 Å². The molecule has 4 rings (SSSR count). The molecule has 0 bridgehead atoms. The average Bonchev–Trinajstić information content (AvgIpc) is 3.26. The van der Waals surface area contributed by atoms with Crippen molar-refractivity contribution in [3.63, 3.8) is 0 Å². The lowest BCUT2D eigenvalue weighted by Gasteiger charge is -2.08. The fourth-order valence-electron chi connectivity index (χ4n) is 2.81. The second-order valence-electron chi connectivity index (χ2n) is 5.58. The third kappa shape index (κ3) is 2.60. The van der Waals surface area contributed by atoms with Crippen LogP contribution in [0.25, 0.3) is 33.1 Å². The lowest BCUT2D eigenvalue weighted by atomic mass is 10.1. The first kappa shape index (κ1) is 15.9. The van der Waals surface area contributed by atoms with Gasteiger partial charge in [0, 0.05) is 18.2 Å². The van der Waals surface area contributed by atoms with Crippen molar-refractivity contribution >= 4 is 11.5 Å². The monoisotopic (exact) mass is 348 g/mol. The van der Waals surface area contributed by atoms with Gasteiger partial charge in [-0.15, -0.1) is 4.52 Å². The number of rotatable bonds is 4. The van der Waals surface area contributed by atoms with E-state index in [0.29, 0.717) is 35.1 Å². The molecule has 0 aliphatic carbocycles. The van der Waals surface area contributed by atoms with Crippen molar-refractivity contribution in [2.45, 2.75) is 6.54 Å². The number of fused-ring (bicyclic) bond motifs is 1. The van der Waals surface area contributed by atoms with Gasteiger partial charge in [0.1, 0.15) is 11.5 Å². The third-order valence-corrected chi connectivity index (χ3v) is 4.00. The zero-order valence-electron chi connectivity index (χ0n) is 13.5.